The maximum Gasteiger partial charge on any atom is 0.267 e. The number of carbonyl (C=O) groups is 1. The van der Waals surface area contributed by atoms with Gasteiger partial charge in [0.05, 0.1) is 11.0 Å². The molecule has 1 amide bonds. The number of hydrogen-bond acceptors (Lipinski definition) is 6. The summed E-state index contributed by atoms with van der Waals surface area (Å²) in [5.41, 5.74) is 10.3. The van der Waals surface area contributed by atoms with Crippen molar-refractivity contribution in [1.82, 2.24) is 19.5 Å². The average molecular weight is 438 g/mol. The summed E-state index contributed by atoms with van der Waals surface area (Å²) in [5.74, 6) is 1.16. The van der Waals surface area contributed by atoms with Crippen molar-refractivity contribution < 1.29 is 11.0 Å². The van der Waals surface area contributed by atoms with Gasteiger partial charge in [0, 0.05) is 44.9 Å². The van der Waals surface area contributed by atoms with Crippen LogP contribution in [0.4, 0.5) is 11.6 Å². The highest BCUT2D eigenvalue weighted by molar-refractivity contribution is 5.91. The fraction of sp³-hybridized carbons (Fsp3) is 0.0400. The highest BCUT2D eigenvalue weighted by Crippen LogP contribution is 2.29. The van der Waals surface area contributed by atoms with Crippen molar-refractivity contribution in [3.05, 3.63) is 91.0 Å². The molecule has 5 rings (SSSR count). The van der Waals surface area contributed by atoms with E-state index in [0.717, 1.165) is 27.8 Å². The van der Waals surface area contributed by atoms with E-state index < -0.39 is 5.91 Å². The third-order valence-corrected chi connectivity index (χ3v) is 5.20. The highest BCUT2D eigenvalue weighted by atomic mass is 16.5. The molecule has 0 atom stereocenters. The molecule has 5 aromatic rings. The number of nitrogens with zero attached hydrogens (tertiary/aromatic N) is 4. The number of aromatic nitrogens is 4. The minimum Gasteiger partial charge on any atom is -0.457 e. The predicted octanol–water partition coefficient (Wildman–Crippen LogP) is 4.91. The van der Waals surface area contributed by atoms with E-state index in [9.17, 15) is 4.79 Å². The number of anilines is 2. The number of amides is 1. The van der Waals surface area contributed by atoms with Crippen LogP contribution in [0.5, 0.6) is 11.5 Å². The van der Waals surface area contributed by atoms with Crippen molar-refractivity contribution in [3.8, 4) is 22.6 Å². The maximum absolute atomic E-state index is 11.4. The van der Waals surface area contributed by atoms with E-state index in [2.05, 4.69) is 27.4 Å². The lowest BCUT2D eigenvalue weighted by Gasteiger charge is -2.08. The molecule has 8 heteroatoms. The number of hydrogen-bond donors (Lipinski definition) is 2. The SMILES string of the molecule is Cn1c(Nc2cccc(-c3ccncc3)c2)nc2cc(Oc3ccnc(C(N)=O)c3)ccc21.[HH]. The molecular formula is C25H22N6O2. The lowest BCUT2D eigenvalue weighted by Crippen LogP contribution is -2.12. The number of nitrogens with one attached hydrogen (secondary N) is 1. The van der Waals surface area contributed by atoms with Crippen LogP contribution in [0, 0.1) is 0 Å². The lowest BCUT2D eigenvalue weighted by molar-refractivity contribution is 0.0995. The van der Waals surface area contributed by atoms with Gasteiger partial charge in [-0.1, -0.05) is 12.1 Å². The van der Waals surface area contributed by atoms with Gasteiger partial charge in [-0.2, -0.15) is 0 Å². The minimum absolute atomic E-state index is 0. The molecule has 0 aliphatic heterocycles. The van der Waals surface area contributed by atoms with Gasteiger partial charge in [-0.25, -0.2) is 4.98 Å². The molecule has 8 nitrogen and oxygen atoms in total. The third-order valence-electron chi connectivity index (χ3n) is 5.20. The van der Waals surface area contributed by atoms with E-state index in [1.54, 1.807) is 18.5 Å². The summed E-state index contributed by atoms with van der Waals surface area (Å²) in [5, 5.41) is 3.40. The molecule has 0 radical (unpaired) electrons. The Morgan fingerprint density at radius 3 is 2.61 bits per heavy atom. The van der Waals surface area contributed by atoms with Crippen LogP contribution in [0.2, 0.25) is 0 Å². The first-order chi connectivity index (χ1) is 16.1. The second kappa shape index (κ2) is 8.43. The van der Waals surface area contributed by atoms with Gasteiger partial charge < -0.3 is 20.4 Å². The van der Waals surface area contributed by atoms with Crippen molar-refractivity contribution >= 4 is 28.6 Å². The summed E-state index contributed by atoms with van der Waals surface area (Å²) in [4.78, 5) is 24.1. The fourth-order valence-corrected chi connectivity index (χ4v) is 3.55. The number of carbonyl (C=O) groups excluding carboxylic acids is 1. The zero-order chi connectivity index (χ0) is 22.8. The summed E-state index contributed by atoms with van der Waals surface area (Å²) in [6.07, 6.45) is 5.04. The first kappa shape index (κ1) is 20.2. The number of rotatable bonds is 6. The normalized spacial score (nSPS) is 10.8. The molecular weight excluding hydrogens is 416 g/mol. The number of benzene rings is 2. The van der Waals surface area contributed by atoms with Crippen molar-refractivity contribution in [1.29, 1.82) is 0 Å². The first-order valence-corrected chi connectivity index (χ1v) is 10.2. The van der Waals surface area contributed by atoms with Crippen LogP contribution in [-0.4, -0.2) is 25.4 Å². The van der Waals surface area contributed by atoms with Gasteiger partial charge in [0.15, 0.2) is 0 Å². The van der Waals surface area contributed by atoms with E-state index in [-0.39, 0.29) is 7.12 Å². The van der Waals surface area contributed by atoms with Crippen LogP contribution in [0.3, 0.4) is 0 Å². The number of nitrogens with two attached hydrogens (primary N) is 1. The Morgan fingerprint density at radius 2 is 1.79 bits per heavy atom. The van der Waals surface area contributed by atoms with E-state index in [0.29, 0.717) is 17.4 Å². The summed E-state index contributed by atoms with van der Waals surface area (Å²) in [7, 11) is 1.95. The molecule has 0 aliphatic rings. The average Bonchev–Trinajstić information content (AvgIpc) is 3.14. The van der Waals surface area contributed by atoms with Gasteiger partial charge in [0.2, 0.25) is 5.95 Å². The second-order valence-electron chi connectivity index (χ2n) is 7.43. The second-order valence-corrected chi connectivity index (χ2v) is 7.43. The molecule has 164 valence electrons. The Labute approximate surface area is 191 Å². The third kappa shape index (κ3) is 4.22. The number of imidazole rings is 1. The summed E-state index contributed by atoms with van der Waals surface area (Å²) in [6, 6.07) is 20.9. The van der Waals surface area contributed by atoms with Crippen molar-refractivity contribution in [2.24, 2.45) is 12.8 Å². The van der Waals surface area contributed by atoms with Gasteiger partial charge in [-0.05, 0) is 53.6 Å². The molecule has 0 saturated heterocycles. The van der Waals surface area contributed by atoms with Crippen LogP contribution in [0.25, 0.3) is 22.2 Å². The number of pyridine rings is 2. The number of aryl methyl sites for hydroxylation is 1. The fourth-order valence-electron chi connectivity index (χ4n) is 3.55. The van der Waals surface area contributed by atoms with Gasteiger partial charge in [0.25, 0.3) is 5.91 Å². The maximum atomic E-state index is 11.4. The Hall–Kier alpha value is -4.72. The minimum atomic E-state index is -0.607. The van der Waals surface area contributed by atoms with E-state index in [1.807, 2.05) is 54.1 Å². The van der Waals surface area contributed by atoms with Gasteiger partial charge in [0.1, 0.15) is 17.2 Å². The molecule has 0 unspecified atom stereocenters. The first-order valence-electron chi connectivity index (χ1n) is 10.2. The lowest BCUT2D eigenvalue weighted by atomic mass is 10.1. The Bertz CT molecular complexity index is 1470. The van der Waals surface area contributed by atoms with Gasteiger partial charge >= 0.3 is 0 Å². The molecule has 0 spiro atoms. The van der Waals surface area contributed by atoms with Crippen LogP contribution >= 0.6 is 0 Å². The highest BCUT2D eigenvalue weighted by Gasteiger charge is 2.11. The molecule has 3 aromatic heterocycles. The molecule has 0 aliphatic carbocycles. The van der Waals surface area contributed by atoms with Crippen LogP contribution in [-0.2, 0) is 7.05 Å². The molecule has 0 bridgehead atoms. The largest absolute Gasteiger partial charge is 0.457 e. The Balaban J connectivity index is 0.00000274. The molecule has 0 fully saturated rings. The molecule has 2 aromatic carbocycles. The summed E-state index contributed by atoms with van der Waals surface area (Å²) in [6.45, 7) is 0. The smallest absolute Gasteiger partial charge is 0.267 e. The molecule has 33 heavy (non-hydrogen) atoms. The van der Waals surface area contributed by atoms with Crippen LogP contribution < -0.4 is 15.8 Å². The van der Waals surface area contributed by atoms with Gasteiger partial charge in [-0.3, -0.25) is 14.8 Å². The molecule has 0 saturated carbocycles. The number of primary amides is 1. The number of fused-ring (bicyclic) bond motifs is 1. The van der Waals surface area contributed by atoms with E-state index >= 15 is 0 Å². The standard InChI is InChI=1S/C25H20N6O2.H2/c1-31-23-6-5-19(33-20-9-12-28-22(15-20)24(26)32)14-21(23)30-25(31)29-18-4-2-3-17(13-18)16-7-10-27-11-8-16;/h2-15H,1H3,(H2,26,32)(H,29,30);1H. The number of ether oxygens (including phenoxy) is 1. The summed E-state index contributed by atoms with van der Waals surface area (Å²) < 4.78 is 7.87. The Kier molecular flexibility index (Phi) is 5.16. The zero-order valence-corrected chi connectivity index (χ0v) is 17.8. The van der Waals surface area contributed by atoms with E-state index in [1.165, 1.54) is 12.3 Å². The molecule has 3 N–H and O–H groups in total. The van der Waals surface area contributed by atoms with Crippen molar-refractivity contribution in [2.45, 2.75) is 0 Å². The van der Waals surface area contributed by atoms with Crippen LogP contribution in [0.15, 0.2) is 85.3 Å². The van der Waals surface area contributed by atoms with E-state index in [4.69, 9.17) is 15.5 Å². The van der Waals surface area contributed by atoms with Gasteiger partial charge in [-0.15, -0.1) is 0 Å². The Morgan fingerprint density at radius 1 is 0.970 bits per heavy atom. The van der Waals surface area contributed by atoms with Crippen molar-refractivity contribution in [2.75, 3.05) is 5.32 Å². The molecule has 3 heterocycles. The summed E-state index contributed by atoms with van der Waals surface area (Å²) >= 11 is 0. The topological polar surface area (TPSA) is 108 Å². The van der Waals surface area contributed by atoms with Crippen molar-refractivity contribution in [3.63, 3.8) is 0 Å². The monoisotopic (exact) mass is 438 g/mol. The predicted molar refractivity (Wildman–Crippen MR) is 129 cm³/mol. The van der Waals surface area contributed by atoms with Crippen LogP contribution in [0.1, 0.15) is 11.9 Å². The quantitative estimate of drug-likeness (QED) is 0.390. The zero-order valence-electron chi connectivity index (χ0n) is 17.8.